The van der Waals surface area contributed by atoms with Crippen LogP contribution in [0.4, 0.5) is 5.82 Å². The number of aromatic amines is 1. The second-order valence-corrected chi connectivity index (χ2v) is 8.39. The Labute approximate surface area is 151 Å². The lowest BCUT2D eigenvalue weighted by Crippen LogP contribution is -2.37. The molecule has 2 aromatic rings. The lowest BCUT2D eigenvalue weighted by molar-refractivity contribution is 0.269. The molecule has 7 nitrogen and oxygen atoms in total. The monoisotopic (exact) mass is 365 g/mol. The highest BCUT2D eigenvalue weighted by molar-refractivity contribution is 7.82. The van der Waals surface area contributed by atoms with Crippen LogP contribution in [0.2, 0.25) is 0 Å². The summed E-state index contributed by atoms with van der Waals surface area (Å²) in [6.07, 6.45) is 7.82. The molecule has 1 aliphatic rings. The molecule has 0 amide bonds. The number of aromatic nitrogens is 3. The number of aliphatic hydroxyl groups is 1. The number of anilines is 1. The van der Waals surface area contributed by atoms with Gasteiger partial charge in [0, 0.05) is 31.6 Å². The van der Waals surface area contributed by atoms with Gasteiger partial charge in [-0.05, 0) is 44.7 Å². The van der Waals surface area contributed by atoms with Crippen molar-refractivity contribution in [3.63, 3.8) is 0 Å². The standard InChI is InChI=1S/C17H27N5O2S/c1-21(9-10-23)25(24)11-13-3-5-14(6-4-13)22(2)17-15-7-8-18-16(15)19-12-20-17/h7-8,12-14,23H,3-6,9-11H2,1-2H3,(H,18,19,20). The number of H-pyrrole nitrogens is 1. The molecule has 2 aromatic heterocycles. The van der Waals surface area contributed by atoms with Crippen LogP contribution in [-0.4, -0.2) is 67.6 Å². The molecule has 1 aliphatic carbocycles. The molecule has 1 unspecified atom stereocenters. The lowest BCUT2D eigenvalue weighted by atomic mass is 9.86. The molecule has 25 heavy (non-hydrogen) atoms. The third-order valence-electron chi connectivity index (χ3n) is 5.17. The van der Waals surface area contributed by atoms with Crippen molar-refractivity contribution in [3.8, 4) is 0 Å². The van der Waals surface area contributed by atoms with E-state index in [1.165, 1.54) is 0 Å². The van der Waals surface area contributed by atoms with Crippen molar-refractivity contribution >= 4 is 27.8 Å². The molecule has 0 bridgehead atoms. The molecule has 1 atom stereocenters. The van der Waals surface area contributed by atoms with Crippen molar-refractivity contribution in [2.24, 2.45) is 5.92 Å². The SMILES string of the molecule is CN(c1ncnc2[nH]ccc12)C1CCC(CS(=O)N(C)CCO)CC1. The Morgan fingerprint density at radius 1 is 1.28 bits per heavy atom. The first kappa shape index (κ1) is 18.3. The smallest absolute Gasteiger partial charge is 0.142 e. The van der Waals surface area contributed by atoms with Gasteiger partial charge in [-0.2, -0.15) is 0 Å². The average molecular weight is 366 g/mol. The number of likely N-dealkylation sites (N-methyl/N-ethyl adjacent to an activating group) is 1. The molecule has 1 saturated carbocycles. The van der Waals surface area contributed by atoms with Gasteiger partial charge in [-0.25, -0.2) is 18.5 Å². The molecule has 138 valence electrons. The number of aliphatic hydroxyl groups excluding tert-OH is 1. The van der Waals surface area contributed by atoms with Crippen LogP contribution in [0.1, 0.15) is 25.7 Å². The van der Waals surface area contributed by atoms with E-state index in [4.69, 9.17) is 5.11 Å². The topological polar surface area (TPSA) is 85.4 Å². The van der Waals surface area contributed by atoms with E-state index in [9.17, 15) is 4.21 Å². The van der Waals surface area contributed by atoms with E-state index in [1.807, 2.05) is 19.3 Å². The quantitative estimate of drug-likeness (QED) is 0.777. The van der Waals surface area contributed by atoms with Crippen LogP contribution in [0.15, 0.2) is 18.6 Å². The summed E-state index contributed by atoms with van der Waals surface area (Å²) in [5.74, 6) is 2.16. The molecule has 0 aromatic carbocycles. The number of fused-ring (bicyclic) bond motifs is 1. The van der Waals surface area contributed by atoms with E-state index in [-0.39, 0.29) is 6.61 Å². The highest BCUT2D eigenvalue weighted by Crippen LogP contribution is 2.31. The summed E-state index contributed by atoms with van der Waals surface area (Å²) < 4.78 is 14.0. The van der Waals surface area contributed by atoms with E-state index in [0.717, 1.165) is 42.5 Å². The maximum atomic E-state index is 12.3. The fourth-order valence-corrected chi connectivity index (χ4v) is 4.86. The Hall–Kier alpha value is -1.51. The van der Waals surface area contributed by atoms with Crippen molar-refractivity contribution in [3.05, 3.63) is 18.6 Å². The minimum atomic E-state index is -0.998. The predicted octanol–water partition coefficient (Wildman–Crippen LogP) is 1.54. The van der Waals surface area contributed by atoms with Gasteiger partial charge in [0.15, 0.2) is 0 Å². The number of nitrogens with one attached hydrogen (secondary N) is 1. The molecule has 8 heteroatoms. The zero-order chi connectivity index (χ0) is 17.8. The zero-order valence-corrected chi connectivity index (χ0v) is 15.7. The third-order valence-corrected chi connectivity index (χ3v) is 6.81. The van der Waals surface area contributed by atoms with Crippen LogP contribution in [0.25, 0.3) is 11.0 Å². The van der Waals surface area contributed by atoms with Gasteiger partial charge in [0.1, 0.15) is 17.8 Å². The number of rotatable bonds is 7. The van der Waals surface area contributed by atoms with E-state index in [0.29, 0.717) is 24.3 Å². The normalized spacial score (nSPS) is 22.4. The van der Waals surface area contributed by atoms with E-state index in [2.05, 4.69) is 26.9 Å². The lowest BCUT2D eigenvalue weighted by Gasteiger charge is -2.35. The summed E-state index contributed by atoms with van der Waals surface area (Å²) in [7, 11) is 2.91. The summed E-state index contributed by atoms with van der Waals surface area (Å²) in [6.45, 7) is 0.511. The summed E-state index contributed by atoms with van der Waals surface area (Å²) >= 11 is 0. The Morgan fingerprint density at radius 2 is 2.04 bits per heavy atom. The highest BCUT2D eigenvalue weighted by atomic mass is 32.2. The van der Waals surface area contributed by atoms with E-state index >= 15 is 0 Å². The molecule has 0 radical (unpaired) electrons. The summed E-state index contributed by atoms with van der Waals surface area (Å²) in [5, 5.41) is 10.0. The van der Waals surface area contributed by atoms with Crippen LogP contribution in [0.5, 0.6) is 0 Å². The second-order valence-electron chi connectivity index (χ2n) is 6.79. The first-order chi connectivity index (χ1) is 12.1. The van der Waals surface area contributed by atoms with Crippen LogP contribution in [0, 0.1) is 5.92 Å². The molecular weight excluding hydrogens is 338 g/mol. The fraction of sp³-hybridized carbons (Fsp3) is 0.647. The Morgan fingerprint density at radius 3 is 2.76 bits per heavy atom. The largest absolute Gasteiger partial charge is 0.395 e. The van der Waals surface area contributed by atoms with Gasteiger partial charge < -0.3 is 15.0 Å². The maximum Gasteiger partial charge on any atom is 0.142 e. The third kappa shape index (κ3) is 4.19. The molecule has 3 rings (SSSR count). The molecule has 1 fully saturated rings. The first-order valence-corrected chi connectivity index (χ1v) is 10.1. The van der Waals surface area contributed by atoms with Crippen molar-refractivity contribution in [2.75, 3.05) is 37.9 Å². The van der Waals surface area contributed by atoms with Crippen molar-refractivity contribution < 1.29 is 9.32 Å². The summed E-state index contributed by atoms with van der Waals surface area (Å²) in [6, 6.07) is 2.47. The molecule has 0 spiro atoms. The Kier molecular flexibility index (Phi) is 6.03. The zero-order valence-electron chi connectivity index (χ0n) is 14.9. The Bertz CT molecular complexity index is 714. The van der Waals surface area contributed by atoms with E-state index in [1.54, 1.807) is 10.6 Å². The van der Waals surface area contributed by atoms with Crippen molar-refractivity contribution in [1.29, 1.82) is 0 Å². The van der Waals surface area contributed by atoms with Crippen LogP contribution < -0.4 is 4.90 Å². The maximum absolute atomic E-state index is 12.3. The molecule has 0 saturated heterocycles. The van der Waals surface area contributed by atoms with Gasteiger partial charge in [0.05, 0.1) is 23.0 Å². The number of hydrogen-bond donors (Lipinski definition) is 2. The van der Waals surface area contributed by atoms with E-state index < -0.39 is 11.0 Å². The van der Waals surface area contributed by atoms with Gasteiger partial charge in [-0.1, -0.05) is 0 Å². The molecule has 2 heterocycles. The highest BCUT2D eigenvalue weighted by Gasteiger charge is 2.27. The van der Waals surface area contributed by atoms with Gasteiger partial charge in [-0.15, -0.1) is 0 Å². The Balaban J connectivity index is 1.57. The molecule has 0 aliphatic heterocycles. The van der Waals surface area contributed by atoms with Crippen LogP contribution in [-0.2, 0) is 11.0 Å². The minimum Gasteiger partial charge on any atom is -0.395 e. The van der Waals surface area contributed by atoms with Gasteiger partial charge in [-0.3, -0.25) is 0 Å². The van der Waals surface area contributed by atoms with Crippen LogP contribution >= 0.6 is 0 Å². The summed E-state index contributed by atoms with van der Waals surface area (Å²) in [5.41, 5.74) is 0.868. The fourth-order valence-electron chi connectivity index (χ4n) is 3.58. The van der Waals surface area contributed by atoms with Crippen molar-refractivity contribution in [2.45, 2.75) is 31.7 Å². The molecule has 2 N–H and O–H groups in total. The molecular formula is C17H27N5O2S. The second kappa shape index (κ2) is 8.25. The minimum absolute atomic E-state index is 0.0479. The average Bonchev–Trinajstić information content (AvgIpc) is 3.10. The summed E-state index contributed by atoms with van der Waals surface area (Å²) in [4.78, 5) is 14.1. The van der Waals surface area contributed by atoms with Crippen LogP contribution in [0.3, 0.4) is 0 Å². The first-order valence-electron chi connectivity index (χ1n) is 8.81. The predicted molar refractivity (Wildman–Crippen MR) is 101 cm³/mol. The van der Waals surface area contributed by atoms with Gasteiger partial charge >= 0.3 is 0 Å². The van der Waals surface area contributed by atoms with Gasteiger partial charge in [0.2, 0.25) is 0 Å². The number of nitrogens with zero attached hydrogens (tertiary/aromatic N) is 4. The van der Waals surface area contributed by atoms with Crippen molar-refractivity contribution in [1.82, 2.24) is 19.3 Å². The number of hydrogen-bond acceptors (Lipinski definition) is 5. The van der Waals surface area contributed by atoms with Gasteiger partial charge in [0.25, 0.3) is 0 Å².